The summed E-state index contributed by atoms with van der Waals surface area (Å²) in [5, 5.41) is 10.3. The lowest BCUT2D eigenvalue weighted by molar-refractivity contribution is -0.120. The van der Waals surface area contributed by atoms with Crippen LogP contribution in [0.3, 0.4) is 0 Å². The molecule has 1 fully saturated rings. The van der Waals surface area contributed by atoms with Crippen LogP contribution in [-0.2, 0) is 22.5 Å². The molecular weight excluding hydrogens is 360 g/mol. The fraction of sp³-hybridized carbons (Fsp3) is 0.375. The first-order chi connectivity index (χ1) is 11.2. The van der Waals surface area contributed by atoms with Crippen LogP contribution in [-0.4, -0.2) is 41.5 Å². The summed E-state index contributed by atoms with van der Waals surface area (Å²) in [5.41, 5.74) is 2.00. The highest BCUT2D eigenvalue weighted by molar-refractivity contribution is 9.10. The molecule has 0 saturated carbocycles. The molecule has 0 spiro atoms. The molecule has 1 aliphatic rings. The van der Waals surface area contributed by atoms with Crippen molar-refractivity contribution >= 4 is 27.5 Å². The van der Waals surface area contributed by atoms with Crippen LogP contribution in [0.2, 0.25) is 0 Å². The number of hydrogen-bond acceptors (Lipinski definition) is 4. The predicted molar refractivity (Wildman–Crippen MR) is 91.3 cm³/mol. The predicted octanol–water partition coefficient (Wildman–Crippen LogP) is 1.82. The molecule has 1 aromatic carbocycles. The van der Waals surface area contributed by atoms with Gasteiger partial charge in [0.1, 0.15) is 6.04 Å². The van der Waals surface area contributed by atoms with Gasteiger partial charge in [-0.15, -0.1) is 0 Å². The molecular formula is C16H19BrN4O2. The Morgan fingerprint density at radius 3 is 2.91 bits per heavy atom. The minimum Gasteiger partial charge on any atom is -0.378 e. The first-order valence-corrected chi connectivity index (χ1v) is 8.39. The van der Waals surface area contributed by atoms with Crippen LogP contribution in [0.5, 0.6) is 0 Å². The van der Waals surface area contributed by atoms with E-state index in [1.807, 2.05) is 35.1 Å². The zero-order chi connectivity index (χ0) is 16.1. The number of morpholine rings is 1. The van der Waals surface area contributed by atoms with E-state index in [0.29, 0.717) is 19.8 Å². The summed E-state index contributed by atoms with van der Waals surface area (Å²) in [6.45, 7) is 2.61. The molecule has 7 heteroatoms. The normalized spacial score (nSPS) is 17.9. The first-order valence-electron chi connectivity index (χ1n) is 7.59. The molecule has 0 radical (unpaired) electrons. The van der Waals surface area contributed by atoms with Crippen molar-refractivity contribution in [1.82, 2.24) is 15.1 Å². The average Bonchev–Trinajstić information content (AvgIpc) is 3.00. The van der Waals surface area contributed by atoms with Gasteiger partial charge >= 0.3 is 0 Å². The van der Waals surface area contributed by atoms with Gasteiger partial charge in [0.05, 0.1) is 23.9 Å². The van der Waals surface area contributed by atoms with Gasteiger partial charge in [-0.05, 0) is 40.0 Å². The smallest absolute Gasteiger partial charge is 0.243 e. The highest BCUT2D eigenvalue weighted by atomic mass is 79.9. The van der Waals surface area contributed by atoms with E-state index < -0.39 is 0 Å². The summed E-state index contributed by atoms with van der Waals surface area (Å²) in [6.07, 6.45) is 4.62. The van der Waals surface area contributed by atoms with Crippen molar-refractivity contribution in [1.29, 1.82) is 0 Å². The molecule has 23 heavy (non-hydrogen) atoms. The van der Waals surface area contributed by atoms with Gasteiger partial charge in [0.25, 0.3) is 0 Å². The number of aryl methyl sites for hydroxylation is 2. The van der Waals surface area contributed by atoms with Crippen LogP contribution in [0.15, 0.2) is 41.1 Å². The Morgan fingerprint density at radius 2 is 2.26 bits per heavy atom. The van der Waals surface area contributed by atoms with Crippen LogP contribution in [0.1, 0.15) is 5.56 Å². The van der Waals surface area contributed by atoms with E-state index in [1.54, 1.807) is 6.20 Å². The maximum atomic E-state index is 12.1. The monoisotopic (exact) mass is 378 g/mol. The third-order valence-corrected chi connectivity index (χ3v) is 4.10. The minimum atomic E-state index is -0.276. The molecule has 1 aromatic heterocycles. The van der Waals surface area contributed by atoms with E-state index in [-0.39, 0.29) is 11.9 Å². The molecule has 2 aromatic rings. The van der Waals surface area contributed by atoms with E-state index in [9.17, 15) is 4.79 Å². The van der Waals surface area contributed by atoms with Crippen LogP contribution >= 0.6 is 15.9 Å². The van der Waals surface area contributed by atoms with E-state index >= 15 is 0 Å². The number of carbonyl (C=O) groups excluding carboxylic acids is 1. The third-order valence-electron chi connectivity index (χ3n) is 3.69. The van der Waals surface area contributed by atoms with E-state index in [2.05, 4.69) is 31.7 Å². The second-order valence-corrected chi connectivity index (χ2v) is 6.36. The molecule has 1 atom stereocenters. The number of halogens is 1. The van der Waals surface area contributed by atoms with Gasteiger partial charge in [0, 0.05) is 25.0 Å². The highest BCUT2D eigenvalue weighted by Crippen LogP contribution is 2.12. The van der Waals surface area contributed by atoms with Crippen LogP contribution in [0.25, 0.3) is 0 Å². The number of rotatable bonds is 5. The molecule has 2 heterocycles. The number of hydrogen-bond donors (Lipinski definition) is 2. The lowest BCUT2D eigenvalue weighted by atomic mass is 10.1. The molecule has 0 aliphatic carbocycles. The number of carbonyl (C=O) groups is 1. The van der Waals surface area contributed by atoms with Gasteiger partial charge in [0.2, 0.25) is 5.91 Å². The van der Waals surface area contributed by atoms with Crippen molar-refractivity contribution in [3.05, 3.63) is 46.7 Å². The molecule has 1 aliphatic heterocycles. The van der Waals surface area contributed by atoms with Crippen LogP contribution in [0.4, 0.5) is 5.69 Å². The van der Waals surface area contributed by atoms with E-state index in [1.165, 1.54) is 5.56 Å². The lowest BCUT2D eigenvalue weighted by Gasteiger charge is -2.22. The molecule has 1 unspecified atom stereocenters. The molecule has 1 saturated heterocycles. The largest absolute Gasteiger partial charge is 0.378 e. The summed E-state index contributed by atoms with van der Waals surface area (Å²) in [5.74, 6) is -0.0566. The number of amides is 1. The maximum absolute atomic E-state index is 12.1. The Morgan fingerprint density at radius 1 is 1.43 bits per heavy atom. The molecule has 0 bridgehead atoms. The van der Waals surface area contributed by atoms with Crippen molar-refractivity contribution < 1.29 is 9.53 Å². The van der Waals surface area contributed by atoms with Gasteiger partial charge < -0.3 is 15.4 Å². The van der Waals surface area contributed by atoms with Gasteiger partial charge in [0.15, 0.2) is 0 Å². The number of nitrogens with one attached hydrogen (secondary N) is 2. The van der Waals surface area contributed by atoms with Gasteiger partial charge in [-0.3, -0.25) is 9.48 Å². The fourth-order valence-corrected chi connectivity index (χ4v) is 2.75. The van der Waals surface area contributed by atoms with E-state index in [0.717, 1.165) is 23.1 Å². The summed E-state index contributed by atoms with van der Waals surface area (Å²) in [4.78, 5) is 12.1. The van der Waals surface area contributed by atoms with Crippen molar-refractivity contribution in [3.8, 4) is 0 Å². The molecule has 2 N–H and O–H groups in total. The molecule has 122 valence electrons. The highest BCUT2D eigenvalue weighted by Gasteiger charge is 2.20. The van der Waals surface area contributed by atoms with Gasteiger partial charge in [-0.1, -0.05) is 12.1 Å². The summed E-state index contributed by atoms with van der Waals surface area (Å²) in [7, 11) is 0. The quantitative estimate of drug-likeness (QED) is 0.832. The van der Waals surface area contributed by atoms with Crippen molar-refractivity contribution in [2.75, 3.05) is 25.1 Å². The summed E-state index contributed by atoms with van der Waals surface area (Å²) < 4.78 is 8.18. The SMILES string of the molecule is O=C(Nc1ccc(CCn2cc(Br)cn2)cc1)C1COCCN1. The molecule has 3 rings (SSSR count). The fourth-order valence-electron chi connectivity index (χ4n) is 2.42. The van der Waals surface area contributed by atoms with Gasteiger partial charge in [-0.25, -0.2) is 0 Å². The minimum absolute atomic E-state index is 0.0566. The molecule has 1 amide bonds. The summed E-state index contributed by atoms with van der Waals surface area (Å²) >= 11 is 3.39. The zero-order valence-electron chi connectivity index (χ0n) is 12.7. The molecule has 6 nitrogen and oxygen atoms in total. The maximum Gasteiger partial charge on any atom is 0.243 e. The number of anilines is 1. The van der Waals surface area contributed by atoms with Crippen molar-refractivity contribution in [2.24, 2.45) is 0 Å². The Kier molecular flexibility index (Phi) is 5.43. The standard InChI is InChI=1S/C16H19BrN4O2/c17-13-9-19-21(10-13)7-5-12-1-3-14(4-2-12)20-16(22)15-11-23-8-6-18-15/h1-4,9-10,15,18H,5-8,11H2,(H,20,22). The number of nitrogens with zero attached hydrogens (tertiary/aromatic N) is 2. The second-order valence-electron chi connectivity index (χ2n) is 5.44. The van der Waals surface area contributed by atoms with E-state index in [4.69, 9.17) is 4.74 Å². The second kappa shape index (κ2) is 7.72. The lowest BCUT2D eigenvalue weighted by Crippen LogP contribution is -2.48. The Labute approximate surface area is 143 Å². The van der Waals surface area contributed by atoms with Crippen LogP contribution < -0.4 is 10.6 Å². The summed E-state index contributed by atoms with van der Waals surface area (Å²) in [6, 6.07) is 7.63. The number of benzene rings is 1. The topological polar surface area (TPSA) is 68.2 Å². The zero-order valence-corrected chi connectivity index (χ0v) is 14.3. The number of ether oxygens (including phenoxy) is 1. The first kappa shape index (κ1) is 16.2. The average molecular weight is 379 g/mol. The Hall–Kier alpha value is -1.70. The Balaban J connectivity index is 1.51. The van der Waals surface area contributed by atoms with Crippen LogP contribution in [0, 0.1) is 0 Å². The van der Waals surface area contributed by atoms with Crippen molar-refractivity contribution in [2.45, 2.75) is 19.0 Å². The number of aromatic nitrogens is 2. The Bertz CT molecular complexity index is 650. The van der Waals surface area contributed by atoms with Crippen molar-refractivity contribution in [3.63, 3.8) is 0 Å². The van der Waals surface area contributed by atoms with Gasteiger partial charge in [-0.2, -0.15) is 5.10 Å². The third kappa shape index (κ3) is 4.63.